The molecule has 0 bridgehead atoms. The van der Waals surface area contributed by atoms with Gasteiger partial charge in [-0.05, 0) is 0 Å². The van der Waals surface area contributed by atoms with Crippen molar-refractivity contribution in [3.05, 3.63) is 18.6 Å². The molecule has 0 spiro atoms. The van der Waals surface area contributed by atoms with Gasteiger partial charge in [-0.3, -0.25) is 6.08 Å². The van der Waals surface area contributed by atoms with Crippen LogP contribution in [0.5, 0.6) is 0 Å². The molecule has 1 aliphatic carbocycles. The second-order valence-corrected chi connectivity index (χ2v) is 4.04. The fourth-order valence-electron chi connectivity index (χ4n) is 1.23. The molecule has 0 aliphatic heterocycles. The van der Waals surface area contributed by atoms with Crippen LogP contribution in [-0.4, -0.2) is 0 Å². The summed E-state index contributed by atoms with van der Waals surface area (Å²) in [5.74, 6) is 0.640. The van der Waals surface area contributed by atoms with Crippen LogP contribution in [0, 0.1) is 23.8 Å². The molecule has 0 amide bonds. The number of hydrogen-bond acceptors (Lipinski definition) is 0. The summed E-state index contributed by atoms with van der Waals surface area (Å²) in [6.45, 7) is 6.83. The van der Waals surface area contributed by atoms with E-state index in [0.717, 1.165) is 6.42 Å². The van der Waals surface area contributed by atoms with Crippen LogP contribution in [0.1, 0.15) is 33.6 Å². The molecule has 2 radical (unpaired) electrons. The van der Waals surface area contributed by atoms with Crippen LogP contribution in [0.3, 0.4) is 0 Å². The zero-order valence-electron chi connectivity index (χ0n) is 8.30. The summed E-state index contributed by atoms with van der Waals surface area (Å²) < 4.78 is 0. The van der Waals surface area contributed by atoms with Crippen molar-refractivity contribution >= 4 is 0 Å². The normalized spacial score (nSPS) is 22.4. The van der Waals surface area contributed by atoms with E-state index in [2.05, 4.69) is 39.3 Å². The second kappa shape index (κ2) is 7.27. The fourth-order valence-corrected chi connectivity index (χ4v) is 1.23. The average molecular weight is 314 g/mol. The molecule has 2 heteroatoms. The minimum absolute atomic E-state index is 0. The predicted molar refractivity (Wildman–Crippen MR) is 44.3 cm³/mol. The minimum Gasteiger partial charge on any atom is -0.505 e. The molecule has 1 aliphatic rings. The van der Waals surface area contributed by atoms with Gasteiger partial charge >= 0.3 is 0 Å². The summed E-state index contributed by atoms with van der Waals surface area (Å²) in [4.78, 5) is 0. The van der Waals surface area contributed by atoms with Gasteiger partial charge in [0.15, 0.2) is 0 Å². The Kier molecular flexibility index (Phi) is 9.92. The Hall–Kier alpha value is 1.95. The van der Waals surface area contributed by atoms with Crippen molar-refractivity contribution in [1.29, 1.82) is 0 Å². The van der Waals surface area contributed by atoms with Crippen molar-refractivity contribution in [1.82, 2.24) is 0 Å². The van der Waals surface area contributed by atoms with Gasteiger partial charge in [-0.1, -0.05) is 26.2 Å². The molecule has 0 N–H and O–H groups in total. The molecular weight excluding hydrogens is 298 g/mol. The van der Waals surface area contributed by atoms with Crippen molar-refractivity contribution in [2.75, 3.05) is 0 Å². The number of allylic oxidation sites excluding steroid dienone is 2. The SMILES string of the molecule is CC(C)(C)C1C=[C-]CC[CH-]1.[Y].[Y]. The molecule has 0 aromatic rings. The maximum atomic E-state index is 3.29. The first-order chi connectivity index (χ1) is 4.61. The average Bonchev–Trinajstić information content (AvgIpc) is 1.88. The molecule has 12 heavy (non-hydrogen) atoms. The van der Waals surface area contributed by atoms with E-state index in [1.54, 1.807) is 0 Å². The summed E-state index contributed by atoms with van der Waals surface area (Å²) in [6.07, 6.45) is 10.2. The van der Waals surface area contributed by atoms with Crippen molar-refractivity contribution in [3.63, 3.8) is 0 Å². The van der Waals surface area contributed by atoms with Crippen LogP contribution >= 0.6 is 0 Å². The Morgan fingerprint density at radius 2 is 1.92 bits per heavy atom. The third-order valence-electron chi connectivity index (χ3n) is 2.01. The first-order valence-corrected chi connectivity index (χ1v) is 4.01. The maximum absolute atomic E-state index is 3.29. The molecule has 1 rings (SSSR count). The van der Waals surface area contributed by atoms with Gasteiger partial charge in [0.1, 0.15) is 0 Å². The smallest absolute Gasteiger partial charge is 0 e. The van der Waals surface area contributed by atoms with Gasteiger partial charge in [0, 0.05) is 65.4 Å². The third kappa shape index (κ3) is 5.63. The molecule has 1 unspecified atom stereocenters. The summed E-state index contributed by atoms with van der Waals surface area (Å²) in [6, 6.07) is 0. The molecule has 0 heterocycles. The van der Waals surface area contributed by atoms with E-state index in [0.29, 0.717) is 11.3 Å². The third-order valence-corrected chi connectivity index (χ3v) is 2.01. The zero-order chi connectivity index (χ0) is 7.61. The van der Waals surface area contributed by atoms with Crippen LogP contribution in [0.25, 0.3) is 0 Å². The first-order valence-electron chi connectivity index (χ1n) is 4.01. The van der Waals surface area contributed by atoms with Gasteiger partial charge in [-0.15, -0.1) is 0 Å². The quantitative estimate of drug-likeness (QED) is 0.603. The molecule has 0 saturated carbocycles. The van der Waals surface area contributed by atoms with Gasteiger partial charge < -0.3 is 12.5 Å². The van der Waals surface area contributed by atoms with Crippen molar-refractivity contribution in [2.24, 2.45) is 11.3 Å². The summed E-state index contributed by atoms with van der Waals surface area (Å²) in [5.41, 5.74) is 0.396. The Morgan fingerprint density at radius 1 is 1.33 bits per heavy atom. The molecule has 0 fully saturated rings. The summed E-state index contributed by atoms with van der Waals surface area (Å²) in [5, 5.41) is 0. The van der Waals surface area contributed by atoms with Gasteiger partial charge in [-0.25, -0.2) is 12.8 Å². The molecule has 0 saturated heterocycles. The van der Waals surface area contributed by atoms with Crippen molar-refractivity contribution < 1.29 is 65.4 Å². The van der Waals surface area contributed by atoms with E-state index in [4.69, 9.17) is 0 Å². The number of hydrogen-bond donors (Lipinski definition) is 0. The topological polar surface area (TPSA) is 0 Å². The Labute approximate surface area is 127 Å². The first kappa shape index (κ1) is 16.4. The van der Waals surface area contributed by atoms with E-state index in [1.807, 2.05) is 0 Å². The van der Waals surface area contributed by atoms with Gasteiger partial charge in [-0.2, -0.15) is 5.92 Å². The Morgan fingerprint density at radius 3 is 2.17 bits per heavy atom. The Bertz CT molecular complexity index is 133. The van der Waals surface area contributed by atoms with Crippen LogP contribution in [0.2, 0.25) is 0 Å². The van der Waals surface area contributed by atoms with E-state index in [9.17, 15) is 0 Å². The molecular formula is C10H16Y2-2. The Balaban J connectivity index is 0. The molecule has 0 nitrogen and oxygen atoms in total. The minimum atomic E-state index is 0. The monoisotopic (exact) mass is 314 g/mol. The summed E-state index contributed by atoms with van der Waals surface area (Å²) >= 11 is 0. The fraction of sp³-hybridized carbons (Fsp3) is 0.700. The van der Waals surface area contributed by atoms with Gasteiger partial charge in [0.25, 0.3) is 0 Å². The maximum Gasteiger partial charge on any atom is 0 e. The van der Waals surface area contributed by atoms with Crippen molar-refractivity contribution in [2.45, 2.75) is 33.6 Å². The zero-order valence-corrected chi connectivity index (χ0v) is 14.0. The van der Waals surface area contributed by atoms with Crippen LogP contribution in [0.15, 0.2) is 6.08 Å². The molecule has 0 aromatic heterocycles. The standard InChI is InChI=1S/C10H16.2Y/c1-10(2,3)9-7-5-4-6-8-9;;/h7-9H,4-5H2,1-3H3;;/q-2;;. The van der Waals surface area contributed by atoms with Crippen molar-refractivity contribution in [3.8, 4) is 0 Å². The van der Waals surface area contributed by atoms with Gasteiger partial charge in [0.05, 0.1) is 0 Å². The van der Waals surface area contributed by atoms with E-state index >= 15 is 0 Å². The molecule has 0 aromatic carbocycles. The van der Waals surface area contributed by atoms with Crippen LogP contribution in [-0.2, 0) is 65.4 Å². The molecule has 1 atom stereocenters. The van der Waals surface area contributed by atoms with Gasteiger partial charge in [0.2, 0.25) is 0 Å². The van der Waals surface area contributed by atoms with Crippen LogP contribution in [0.4, 0.5) is 0 Å². The van der Waals surface area contributed by atoms with E-state index in [-0.39, 0.29) is 65.4 Å². The summed E-state index contributed by atoms with van der Waals surface area (Å²) in [7, 11) is 0. The van der Waals surface area contributed by atoms with Crippen LogP contribution < -0.4 is 0 Å². The largest absolute Gasteiger partial charge is 0.505 e. The van der Waals surface area contributed by atoms with E-state index in [1.165, 1.54) is 6.42 Å². The molecule has 64 valence electrons. The number of rotatable bonds is 0. The second-order valence-electron chi connectivity index (χ2n) is 4.04. The van der Waals surface area contributed by atoms with E-state index < -0.39 is 0 Å². The predicted octanol–water partition coefficient (Wildman–Crippen LogP) is 3.00.